The molecule has 1 saturated heterocycles. The normalized spacial score (nSPS) is 17.0. The number of thioether (sulfide) groups is 1. The average Bonchev–Trinajstić information content (AvgIpc) is 3.61. The van der Waals surface area contributed by atoms with Crippen LogP contribution >= 0.6 is 11.8 Å². The second-order valence-corrected chi connectivity index (χ2v) is 14.2. The molecule has 4 aromatic carbocycles. The lowest BCUT2D eigenvalue weighted by atomic mass is 9.97. The third-order valence-electron chi connectivity index (χ3n) is 9.32. The lowest BCUT2D eigenvalue weighted by Gasteiger charge is -2.36. The van der Waals surface area contributed by atoms with Gasteiger partial charge in [0.25, 0.3) is 0 Å². The van der Waals surface area contributed by atoms with Gasteiger partial charge in [0.1, 0.15) is 0 Å². The van der Waals surface area contributed by atoms with E-state index in [4.69, 9.17) is 15.2 Å². The van der Waals surface area contributed by atoms with E-state index in [0.717, 1.165) is 50.7 Å². The Hall–Kier alpha value is -4.94. The summed E-state index contributed by atoms with van der Waals surface area (Å²) in [5, 5.41) is 16.4. The van der Waals surface area contributed by atoms with Crippen LogP contribution in [0.1, 0.15) is 73.2 Å². The van der Waals surface area contributed by atoms with Crippen LogP contribution < -0.4 is 16.4 Å². The molecule has 0 spiro atoms. The number of amides is 2. The lowest BCUT2D eigenvalue weighted by Crippen LogP contribution is -2.31. The number of nitrogens with one attached hydrogen (secondary N) is 2. The highest BCUT2D eigenvalue weighted by molar-refractivity contribution is 7.99. The fourth-order valence-electron chi connectivity index (χ4n) is 6.31. The second-order valence-electron chi connectivity index (χ2n) is 13.2. The van der Waals surface area contributed by atoms with Crippen molar-refractivity contribution < 1.29 is 24.2 Å². The molecule has 1 aliphatic heterocycles. The summed E-state index contributed by atoms with van der Waals surface area (Å²) in [7, 11) is 1.99. The molecule has 0 aliphatic carbocycles. The van der Waals surface area contributed by atoms with Gasteiger partial charge in [-0.3, -0.25) is 9.59 Å². The van der Waals surface area contributed by atoms with Crippen molar-refractivity contribution in [1.29, 1.82) is 0 Å². The molecule has 10 nitrogen and oxygen atoms in total. The Morgan fingerprint density at radius 3 is 2.34 bits per heavy atom. The highest BCUT2D eigenvalue weighted by Crippen LogP contribution is 2.40. The maximum atomic E-state index is 12.7. The van der Waals surface area contributed by atoms with Crippen molar-refractivity contribution in [3.05, 3.63) is 132 Å². The molecule has 6 rings (SSSR count). The van der Waals surface area contributed by atoms with Gasteiger partial charge in [-0.2, -0.15) is 0 Å². The predicted molar refractivity (Wildman–Crippen MR) is 209 cm³/mol. The Morgan fingerprint density at radius 2 is 1.60 bits per heavy atom. The van der Waals surface area contributed by atoms with Gasteiger partial charge in [-0.15, -0.1) is 0 Å². The number of para-hydroxylation sites is 2. The van der Waals surface area contributed by atoms with Gasteiger partial charge in [0.15, 0.2) is 11.4 Å². The van der Waals surface area contributed by atoms with E-state index in [2.05, 4.69) is 33.8 Å². The Balaban J connectivity index is 1.02. The van der Waals surface area contributed by atoms with E-state index >= 15 is 0 Å². The highest BCUT2D eigenvalue weighted by Gasteiger charge is 2.32. The number of unbranched alkanes of at least 4 members (excludes halogenated alkanes) is 2. The largest absolute Gasteiger partial charge is 0.397 e. The molecule has 1 aliphatic rings. The lowest BCUT2D eigenvalue weighted by molar-refractivity contribution is -0.245. The first-order chi connectivity index (χ1) is 25.9. The van der Waals surface area contributed by atoms with Crippen molar-refractivity contribution in [2.24, 2.45) is 7.05 Å². The van der Waals surface area contributed by atoms with E-state index < -0.39 is 6.29 Å². The number of aliphatic hydroxyl groups is 1. The first-order valence-electron chi connectivity index (χ1n) is 18.1. The zero-order valence-corrected chi connectivity index (χ0v) is 30.8. The minimum absolute atomic E-state index is 0.00210. The van der Waals surface area contributed by atoms with Crippen LogP contribution in [0.4, 0.5) is 11.4 Å². The van der Waals surface area contributed by atoms with Gasteiger partial charge in [-0.25, -0.2) is 4.98 Å². The fraction of sp³-hybridized carbons (Fsp3) is 0.310. The monoisotopic (exact) mass is 733 g/mol. The van der Waals surface area contributed by atoms with Crippen molar-refractivity contribution in [1.82, 2.24) is 14.9 Å². The summed E-state index contributed by atoms with van der Waals surface area (Å²) >= 11 is 1.67. The van der Waals surface area contributed by atoms with E-state index in [0.29, 0.717) is 50.0 Å². The smallest absolute Gasteiger partial charge is 0.224 e. The number of anilines is 2. The van der Waals surface area contributed by atoms with E-state index in [-0.39, 0.29) is 30.6 Å². The van der Waals surface area contributed by atoms with Gasteiger partial charge in [0, 0.05) is 56.6 Å². The number of aromatic nitrogens is 2. The molecule has 2 amide bonds. The van der Waals surface area contributed by atoms with Gasteiger partial charge in [-0.1, -0.05) is 103 Å². The third-order valence-corrected chi connectivity index (χ3v) is 10.5. The van der Waals surface area contributed by atoms with E-state index in [1.165, 1.54) is 0 Å². The molecule has 0 radical (unpaired) electrons. The molecule has 2 heterocycles. The third kappa shape index (κ3) is 10.6. The summed E-state index contributed by atoms with van der Waals surface area (Å²) in [6.45, 7) is 0.413. The standard InChI is InChI=1S/C42H47N5O5S/c1-47-24-23-44-42(47)53-28-34-25-38(31-17-15-29(27-48)16-18-31)52-41(51-34)32-21-19-30(20-22-32)35-10-6-5-9-33(35)26-45-39(49)13-3-2-4-14-40(50)46-37-12-8-7-11-36(37)43/h5-12,15-24,34,38,41,48H,2-4,13-14,25-28,43H2,1H3,(H,45,49)(H,46,50). The maximum absolute atomic E-state index is 12.7. The number of nitrogens with two attached hydrogens (primary N) is 1. The van der Waals surface area contributed by atoms with Gasteiger partial charge >= 0.3 is 0 Å². The first kappa shape index (κ1) is 37.8. The van der Waals surface area contributed by atoms with Gasteiger partial charge < -0.3 is 35.5 Å². The minimum Gasteiger partial charge on any atom is -0.397 e. The van der Waals surface area contributed by atoms with Crippen LogP contribution in [0.15, 0.2) is 115 Å². The van der Waals surface area contributed by atoms with Crippen LogP contribution in [0.5, 0.6) is 0 Å². The molecule has 3 atom stereocenters. The molecule has 53 heavy (non-hydrogen) atoms. The number of rotatable bonds is 16. The Bertz CT molecular complexity index is 1950. The van der Waals surface area contributed by atoms with E-state index in [9.17, 15) is 14.7 Å². The average molecular weight is 734 g/mol. The molecule has 0 bridgehead atoms. The quantitative estimate of drug-likeness (QED) is 0.0460. The SMILES string of the molecule is Cn1ccnc1SCC1CC(c2ccc(CO)cc2)OC(c2ccc(-c3ccccc3CNC(=O)CCCCCC(=O)Nc3ccccc3N)cc2)O1. The number of carbonyl (C=O) groups is 2. The van der Waals surface area contributed by atoms with Crippen LogP contribution in [0.25, 0.3) is 11.1 Å². The Labute approximate surface area is 315 Å². The highest BCUT2D eigenvalue weighted by atomic mass is 32.2. The molecular weight excluding hydrogens is 687 g/mol. The van der Waals surface area contributed by atoms with E-state index in [1.807, 2.05) is 84.5 Å². The number of imidazole rings is 1. The molecule has 1 aromatic heterocycles. The van der Waals surface area contributed by atoms with Crippen LogP contribution in [0.2, 0.25) is 0 Å². The van der Waals surface area contributed by atoms with Crippen LogP contribution in [0.3, 0.4) is 0 Å². The zero-order valence-electron chi connectivity index (χ0n) is 29.9. The van der Waals surface area contributed by atoms with Crippen LogP contribution in [0, 0.1) is 0 Å². The number of aryl methyl sites for hydroxylation is 1. The summed E-state index contributed by atoms with van der Waals surface area (Å²) in [5.74, 6) is 0.638. The number of aliphatic hydroxyl groups excluding tert-OH is 1. The number of benzene rings is 4. The maximum Gasteiger partial charge on any atom is 0.224 e. The number of hydrogen-bond acceptors (Lipinski definition) is 8. The topological polar surface area (TPSA) is 141 Å². The van der Waals surface area contributed by atoms with Crippen molar-refractivity contribution in [3.63, 3.8) is 0 Å². The molecular formula is C42H47N5O5S. The molecule has 5 aromatic rings. The van der Waals surface area contributed by atoms with E-state index in [1.54, 1.807) is 30.1 Å². The summed E-state index contributed by atoms with van der Waals surface area (Å²) in [5.41, 5.74) is 13.0. The fourth-order valence-corrected chi connectivity index (χ4v) is 7.26. The molecule has 3 unspecified atom stereocenters. The van der Waals surface area contributed by atoms with Crippen molar-refractivity contribution >= 4 is 35.0 Å². The molecule has 1 fully saturated rings. The zero-order chi connectivity index (χ0) is 37.0. The van der Waals surface area contributed by atoms with Crippen LogP contribution in [-0.4, -0.2) is 38.3 Å². The number of nitrogens with zero attached hydrogens (tertiary/aromatic N) is 2. The number of carbonyl (C=O) groups excluding carboxylic acids is 2. The van der Waals surface area contributed by atoms with Gasteiger partial charge in [0.05, 0.1) is 30.2 Å². The number of hydrogen-bond donors (Lipinski definition) is 4. The molecule has 276 valence electrons. The number of nitrogen functional groups attached to an aromatic ring is 1. The Kier molecular flexibility index (Phi) is 13.3. The van der Waals surface area contributed by atoms with Gasteiger partial charge in [-0.05, 0) is 52.8 Å². The Morgan fingerprint density at radius 1 is 0.887 bits per heavy atom. The summed E-state index contributed by atoms with van der Waals surface area (Å²) in [6.07, 6.45) is 6.61. The van der Waals surface area contributed by atoms with Crippen LogP contribution in [-0.2, 0) is 39.3 Å². The molecule has 11 heteroatoms. The number of ether oxygens (including phenoxy) is 2. The minimum atomic E-state index is -0.557. The summed E-state index contributed by atoms with van der Waals surface area (Å²) in [4.78, 5) is 29.5. The summed E-state index contributed by atoms with van der Waals surface area (Å²) in [6, 6.07) is 31.4. The molecule has 0 saturated carbocycles. The van der Waals surface area contributed by atoms with Crippen molar-refractivity contribution in [3.8, 4) is 11.1 Å². The van der Waals surface area contributed by atoms with Crippen molar-refractivity contribution in [2.45, 2.75) is 75.3 Å². The van der Waals surface area contributed by atoms with Crippen molar-refractivity contribution in [2.75, 3.05) is 16.8 Å². The first-order valence-corrected chi connectivity index (χ1v) is 19.0. The summed E-state index contributed by atoms with van der Waals surface area (Å²) < 4.78 is 15.1. The van der Waals surface area contributed by atoms with Gasteiger partial charge in [0.2, 0.25) is 11.8 Å². The predicted octanol–water partition coefficient (Wildman–Crippen LogP) is 7.70. The molecule has 5 N–H and O–H groups in total. The second kappa shape index (κ2) is 18.7.